The van der Waals surface area contributed by atoms with Crippen molar-refractivity contribution >= 4 is 0 Å². The van der Waals surface area contributed by atoms with Crippen molar-refractivity contribution in [1.29, 1.82) is 5.26 Å². The number of benzene rings is 2. The van der Waals surface area contributed by atoms with Gasteiger partial charge in [0, 0.05) is 5.56 Å². The average molecular weight is 275 g/mol. The number of tetrazole rings is 1. The second kappa shape index (κ2) is 5.55. The van der Waals surface area contributed by atoms with Crippen LogP contribution in [0.3, 0.4) is 0 Å². The standard InChI is InChI=1S/C16H13N5/c1-12-4-2-3-5-15(12)16-18-20-21(19-16)11-14-8-6-13(10-17)7-9-14/h2-9H,11H2,1H3. The third-order valence-electron chi connectivity index (χ3n) is 3.25. The van der Waals surface area contributed by atoms with Crippen molar-refractivity contribution < 1.29 is 0 Å². The van der Waals surface area contributed by atoms with Crippen LogP contribution in [0.1, 0.15) is 16.7 Å². The van der Waals surface area contributed by atoms with Crippen molar-refractivity contribution in [2.75, 3.05) is 0 Å². The Morgan fingerprint density at radius 3 is 2.57 bits per heavy atom. The first-order chi connectivity index (χ1) is 10.3. The number of nitriles is 1. The molecule has 0 unspecified atom stereocenters. The van der Waals surface area contributed by atoms with E-state index in [0.717, 1.165) is 16.7 Å². The van der Waals surface area contributed by atoms with E-state index in [-0.39, 0.29) is 0 Å². The molecule has 0 aliphatic heterocycles. The van der Waals surface area contributed by atoms with E-state index < -0.39 is 0 Å². The fourth-order valence-corrected chi connectivity index (χ4v) is 2.09. The van der Waals surface area contributed by atoms with Gasteiger partial charge < -0.3 is 0 Å². The highest BCUT2D eigenvalue weighted by atomic mass is 15.6. The van der Waals surface area contributed by atoms with Gasteiger partial charge in [-0.25, -0.2) is 0 Å². The number of rotatable bonds is 3. The maximum atomic E-state index is 8.78. The highest BCUT2D eigenvalue weighted by Crippen LogP contribution is 2.18. The fraction of sp³-hybridized carbons (Fsp3) is 0.125. The van der Waals surface area contributed by atoms with Crippen molar-refractivity contribution in [2.45, 2.75) is 13.5 Å². The molecule has 1 heterocycles. The smallest absolute Gasteiger partial charge is 0.192 e. The molecule has 0 amide bonds. The maximum absolute atomic E-state index is 8.78. The van der Waals surface area contributed by atoms with Crippen molar-refractivity contribution in [3.8, 4) is 17.5 Å². The van der Waals surface area contributed by atoms with Gasteiger partial charge in [0.15, 0.2) is 0 Å². The van der Waals surface area contributed by atoms with Crippen LogP contribution in [0.4, 0.5) is 0 Å². The first-order valence-electron chi connectivity index (χ1n) is 6.59. The van der Waals surface area contributed by atoms with Gasteiger partial charge in [-0.1, -0.05) is 36.4 Å². The Labute approximate surface area is 122 Å². The Bertz CT molecular complexity index is 796. The van der Waals surface area contributed by atoms with E-state index >= 15 is 0 Å². The minimum absolute atomic E-state index is 0.532. The first-order valence-corrected chi connectivity index (χ1v) is 6.59. The molecule has 0 bridgehead atoms. The van der Waals surface area contributed by atoms with Crippen LogP contribution < -0.4 is 0 Å². The summed E-state index contributed by atoms with van der Waals surface area (Å²) in [5.74, 6) is 0.627. The number of nitrogens with zero attached hydrogens (tertiary/aromatic N) is 5. The molecule has 3 rings (SSSR count). The second-order valence-electron chi connectivity index (χ2n) is 4.77. The van der Waals surface area contributed by atoms with E-state index in [1.54, 1.807) is 16.9 Å². The van der Waals surface area contributed by atoms with Crippen molar-refractivity contribution in [2.24, 2.45) is 0 Å². The lowest BCUT2D eigenvalue weighted by Gasteiger charge is -2.00. The van der Waals surface area contributed by atoms with E-state index in [1.165, 1.54) is 0 Å². The predicted octanol–water partition coefficient (Wildman–Crippen LogP) is 2.57. The lowest BCUT2D eigenvalue weighted by atomic mass is 10.1. The molecule has 0 saturated heterocycles. The van der Waals surface area contributed by atoms with Crippen LogP contribution in [-0.4, -0.2) is 20.2 Å². The Morgan fingerprint density at radius 1 is 1.10 bits per heavy atom. The monoisotopic (exact) mass is 275 g/mol. The van der Waals surface area contributed by atoms with E-state index in [9.17, 15) is 0 Å². The average Bonchev–Trinajstić information content (AvgIpc) is 2.97. The molecule has 5 heteroatoms. The molecule has 0 fully saturated rings. The second-order valence-corrected chi connectivity index (χ2v) is 4.77. The molecule has 1 aromatic heterocycles. The molecular weight excluding hydrogens is 262 g/mol. The van der Waals surface area contributed by atoms with E-state index in [0.29, 0.717) is 17.9 Å². The highest BCUT2D eigenvalue weighted by molar-refractivity contribution is 5.58. The van der Waals surface area contributed by atoms with E-state index in [2.05, 4.69) is 21.5 Å². The summed E-state index contributed by atoms with van der Waals surface area (Å²) in [6, 6.07) is 17.4. The third-order valence-corrected chi connectivity index (χ3v) is 3.25. The molecule has 0 radical (unpaired) electrons. The van der Waals surface area contributed by atoms with Crippen LogP contribution >= 0.6 is 0 Å². The van der Waals surface area contributed by atoms with Gasteiger partial charge in [0.25, 0.3) is 0 Å². The summed E-state index contributed by atoms with van der Waals surface area (Å²) in [7, 11) is 0. The molecule has 0 atom stereocenters. The normalized spacial score (nSPS) is 10.3. The SMILES string of the molecule is Cc1ccccc1-c1nnn(Cc2ccc(C#N)cc2)n1. The summed E-state index contributed by atoms with van der Waals surface area (Å²) in [6.45, 7) is 2.56. The highest BCUT2D eigenvalue weighted by Gasteiger charge is 2.08. The minimum Gasteiger partial charge on any atom is -0.192 e. The van der Waals surface area contributed by atoms with Crippen LogP contribution in [0, 0.1) is 18.3 Å². The van der Waals surface area contributed by atoms with E-state index in [4.69, 9.17) is 5.26 Å². The summed E-state index contributed by atoms with van der Waals surface area (Å²) >= 11 is 0. The quantitative estimate of drug-likeness (QED) is 0.736. The van der Waals surface area contributed by atoms with Gasteiger partial charge in [-0.3, -0.25) is 0 Å². The summed E-state index contributed by atoms with van der Waals surface area (Å²) in [5, 5.41) is 21.4. The van der Waals surface area contributed by atoms with Gasteiger partial charge in [-0.2, -0.15) is 10.1 Å². The van der Waals surface area contributed by atoms with Crippen LogP contribution in [0.15, 0.2) is 48.5 Å². The Kier molecular flexibility index (Phi) is 3.44. The molecule has 3 aromatic rings. The molecule has 5 nitrogen and oxygen atoms in total. The molecule has 0 spiro atoms. The fourth-order valence-electron chi connectivity index (χ4n) is 2.09. The number of hydrogen-bond acceptors (Lipinski definition) is 4. The first kappa shape index (κ1) is 13.0. The van der Waals surface area contributed by atoms with Crippen LogP contribution in [0.5, 0.6) is 0 Å². The van der Waals surface area contributed by atoms with Crippen LogP contribution in [0.2, 0.25) is 0 Å². The molecule has 21 heavy (non-hydrogen) atoms. The Hall–Kier alpha value is -3.00. The van der Waals surface area contributed by atoms with Gasteiger partial charge in [0.1, 0.15) is 0 Å². The lowest BCUT2D eigenvalue weighted by molar-refractivity contribution is 0.573. The third kappa shape index (κ3) is 2.79. The largest absolute Gasteiger partial charge is 0.205 e. The summed E-state index contributed by atoms with van der Waals surface area (Å²) in [6.07, 6.45) is 0. The van der Waals surface area contributed by atoms with Gasteiger partial charge in [-0.15, -0.1) is 10.2 Å². The minimum atomic E-state index is 0.532. The van der Waals surface area contributed by atoms with Crippen LogP contribution in [0.25, 0.3) is 11.4 Å². The van der Waals surface area contributed by atoms with Gasteiger partial charge >= 0.3 is 0 Å². The zero-order valence-electron chi connectivity index (χ0n) is 11.6. The molecular formula is C16H13N5. The number of hydrogen-bond donors (Lipinski definition) is 0. The summed E-state index contributed by atoms with van der Waals surface area (Å²) in [5.41, 5.74) is 3.78. The lowest BCUT2D eigenvalue weighted by Crippen LogP contribution is -2.04. The molecule has 0 aliphatic rings. The van der Waals surface area contributed by atoms with Crippen molar-refractivity contribution in [3.63, 3.8) is 0 Å². The molecule has 0 saturated carbocycles. The zero-order valence-corrected chi connectivity index (χ0v) is 11.6. The molecule has 102 valence electrons. The van der Waals surface area contributed by atoms with Crippen molar-refractivity contribution in [1.82, 2.24) is 20.2 Å². The Balaban J connectivity index is 1.82. The molecule has 0 N–H and O–H groups in total. The maximum Gasteiger partial charge on any atom is 0.205 e. The van der Waals surface area contributed by atoms with Crippen LogP contribution in [-0.2, 0) is 6.54 Å². The summed E-state index contributed by atoms with van der Waals surface area (Å²) < 4.78 is 0. The van der Waals surface area contributed by atoms with Gasteiger partial charge in [-0.05, 0) is 35.4 Å². The topological polar surface area (TPSA) is 67.4 Å². The predicted molar refractivity (Wildman–Crippen MR) is 78.2 cm³/mol. The van der Waals surface area contributed by atoms with E-state index in [1.807, 2.05) is 43.3 Å². The number of aromatic nitrogens is 4. The van der Waals surface area contributed by atoms with Gasteiger partial charge in [0.2, 0.25) is 5.82 Å². The zero-order chi connectivity index (χ0) is 14.7. The molecule has 2 aromatic carbocycles. The van der Waals surface area contributed by atoms with Gasteiger partial charge in [0.05, 0.1) is 18.2 Å². The number of aryl methyl sites for hydroxylation is 1. The molecule has 0 aliphatic carbocycles. The summed E-state index contributed by atoms with van der Waals surface area (Å²) in [4.78, 5) is 1.56. The Morgan fingerprint density at radius 2 is 1.86 bits per heavy atom. The van der Waals surface area contributed by atoms with Crippen molar-refractivity contribution in [3.05, 3.63) is 65.2 Å².